The molecule has 1 amide bonds. The zero-order valence-corrected chi connectivity index (χ0v) is 13.4. The SMILES string of the molecule is CCc1ccccc1O[C@H](C)C(=O)NCc1ccc(C)cc1. The predicted octanol–water partition coefficient (Wildman–Crippen LogP) is 3.64. The second-order valence-electron chi connectivity index (χ2n) is 5.42. The summed E-state index contributed by atoms with van der Waals surface area (Å²) in [6.45, 7) is 6.41. The van der Waals surface area contributed by atoms with Crippen LogP contribution in [0.4, 0.5) is 0 Å². The van der Waals surface area contributed by atoms with E-state index < -0.39 is 6.10 Å². The molecule has 0 bridgehead atoms. The number of hydrogen-bond donors (Lipinski definition) is 1. The first-order valence-electron chi connectivity index (χ1n) is 7.68. The van der Waals surface area contributed by atoms with Crippen molar-refractivity contribution < 1.29 is 9.53 Å². The predicted molar refractivity (Wildman–Crippen MR) is 88.9 cm³/mol. The number of para-hydroxylation sites is 1. The van der Waals surface area contributed by atoms with Crippen molar-refractivity contribution in [3.63, 3.8) is 0 Å². The first kappa shape index (κ1) is 16.1. The van der Waals surface area contributed by atoms with Gasteiger partial charge in [0.1, 0.15) is 5.75 Å². The van der Waals surface area contributed by atoms with Gasteiger partial charge in [-0.15, -0.1) is 0 Å². The van der Waals surface area contributed by atoms with E-state index in [0.29, 0.717) is 6.54 Å². The third-order valence-corrected chi connectivity index (χ3v) is 3.61. The van der Waals surface area contributed by atoms with Crippen molar-refractivity contribution in [2.75, 3.05) is 0 Å². The topological polar surface area (TPSA) is 38.3 Å². The molecule has 22 heavy (non-hydrogen) atoms. The Balaban J connectivity index is 1.90. The van der Waals surface area contributed by atoms with Crippen LogP contribution in [-0.2, 0) is 17.8 Å². The van der Waals surface area contributed by atoms with Crippen LogP contribution in [0.5, 0.6) is 5.75 Å². The van der Waals surface area contributed by atoms with Crippen LogP contribution in [0.25, 0.3) is 0 Å². The number of benzene rings is 2. The monoisotopic (exact) mass is 297 g/mol. The second-order valence-corrected chi connectivity index (χ2v) is 5.42. The van der Waals surface area contributed by atoms with E-state index in [9.17, 15) is 4.79 Å². The number of amides is 1. The molecule has 0 heterocycles. The molecule has 0 aromatic heterocycles. The van der Waals surface area contributed by atoms with Crippen LogP contribution in [0.3, 0.4) is 0 Å². The summed E-state index contributed by atoms with van der Waals surface area (Å²) in [5.41, 5.74) is 3.41. The molecule has 0 saturated carbocycles. The molecule has 2 rings (SSSR count). The largest absolute Gasteiger partial charge is 0.481 e. The number of rotatable bonds is 6. The summed E-state index contributed by atoms with van der Waals surface area (Å²) in [6, 6.07) is 16.0. The van der Waals surface area contributed by atoms with Crippen molar-refractivity contribution in [2.24, 2.45) is 0 Å². The first-order valence-corrected chi connectivity index (χ1v) is 7.68. The summed E-state index contributed by atoms with van der Waals surface area (Å²) in [5.74, 6) is 0.675. The summed E-state index contributed by atoms with van der Waals surface area (Å²) in [6.07, 6.45) is 0.367. The fourth-order valence-electron chi connectivity index (χ4n) is 2.19. The minimum Gasteiger partial charge on any atom is -0.481 e. The van der Waals surface area contributed by atoms with Crippen molar-refractivity contribution in [1.82, 2.24) is 5.32 Å². The van der Waals surface area contributed by atoms with E-state index in [1.54, 1.807) is 6.92 Å². The Morgan fingerprint density at radius 3 is 2.50 bits per heavy atom. The molecule has 1 N–H and O–H groups in total. The Morgan fingerprint density at radius 2 is 1.82 bits per heavy atom. The van der Waals surface area contributed by atoms with E-state index in [4.69, 9.17) is 4.74 Å². The Bertz CT molecular complexity index is 620. The molecule has 0 unspecified atom stereocenters. The van der Waals surface area contributed by atoms with Gasteiger partial charge in [-0.05, 0) is 37.5 Å². The summed E-state index contributed by atoms with van der Waals surface area (Å²) < 4.78 is 5.79. The number of carbonyl (C=O) groups excluding carboxylic acids is 1. The van der Waals surface area contributed by atoms with E-state index >= 15 is 0 Å². The highest BCUT2D eigenvalue weighted by Gasteiger charge is 2.15. The molecular formula is C19H23NO2. The van der Waals surface area contributed by atoms with E-state index in [-0.39, 0.29) is 5.91 Å². The molecule has 1 atom stereocenters. The average molecular weight is 297 g/mol. The lowest BCUT2D eigenvalue weighted by atomic mass is 10.1. The van der Waals surface area contributed by atoms with Gasteiger partial charge in [0.2, 0.25) is 0 Å². The van der Waals surface area contributed by atoms with Gasteiger partial charge in [0, 0.05) is 6.54 Å². The van der Waals surface area contributed by atoms with Gasteiger partial charge in [-0.1, -0.05) is 55.0 Å². The lowest BCUT2D eigenvalue weighted by Crippen LogP contribution is -2.36. The minimum atomic E-state index is -0.516. The Morgan fingerprint density at radius 1 is 1.14 bits per heavy atom. The smallest absolute Gasteiger partial charge is 0.261 e. The second kappa shape index (κ2) is 7.64. The Labute approximate surface area is 132 Å². The van der Waals surface area contributed by atoms with E-state index in [0.717, 1.165) is 23.3 Å². The summed E-state index contributed by atoms with van der Waals surface area (Å²) in [4.78, 5) is 12.2. The molecule has 3 nitrogen and oxygen atoms in total. The van der Waals surface area contributed by atoms with Crippen LogP contribution >= 0.6 is 0 Å². The maximum Gasteiger partial charge on any atom is 0.261 e. The molecule has 0 fully saturated rings. The fourth-order valence-corrected chi connectivity index (χ4v) is 2.19. The quantitative estimate of drug-likeness (QED) is 0.884. The molecule has 0 saturated heterocycles. The highest BCUT2D eigenvalue weighted by molar-refractivity contribution is 5.80. The lowest BCUT2D eigenvalue weighted by molar-refractivity contribution is -0.127. The van der Waals surface area contributed by atoms with Crippen LogP contribution in [0, 0.1) is 6.92 Å². The highest BCUT2D eigenvalue weighted by Crippen LogP contribution is 2.19. The van der Waals surface area contributed by atoms with Gasteiger partial charge in [0.15, 0.2) is 6.10 Å². The van der Waals surface area contributed by atoms with Gasteiger partial charge in [-0.2, -0.15) is 0 Å². The van der Waals surface area contributed by atoms with E-state index in [2.05, 4.69) is 12.2 Å². The molecular weight excluding hydrogens is 274 g/mol. The van der Waals surface area contributed by atoms with Crippen molar-refractivity contribution in [3.8, 4) is 5.75 Å². The first-order chi connectivity index (χ1) is 10.6. The molecule has 0 aliphatic heterocycles. The van der Waals surface area contributed by atoms with Gasteiger partial charge in [0.05, 0.1) is 0 Å². The third kappa shape index (κ3) is 4.35. The van der Waals surface area contributed by atoms with Gasteiger partial charge in [-0.3, -0.25) is 4.79 Å². The van der Waals surface area contributed by atoms with Crippen LogP contribution in [0.1, 0.15) is 30.5 Å². The molecule has 0 aliphatic carbocycles. The number of nitrogens with one attached hydrogen (secondary N) is 1. The van der Waals surface area contributed by atoms with Crippen molar-refractivity contribution in [2.45, 2.75) is 39.8 Å². The van der Waals surface area contributed by atoms with E-state index in [1.807, 2.05) is 55.5 Å². The maximum absolute atomic E-state index is 12.2. The Hall–Kier alpha value is -2.29. The molecule has 2 aromatic rings. The fraction of sp³-hybridized carbons (Fsp3) is 0.316. The number of hydrogen-bond acceptors (Lipinski definition) is 2. The zero-order valence-electron chi connectivity index (χ0n) is 13.4. The molecule has 0 aliphatic rings. The molecule has 0 radical (unpaired) electrons. The molecule has 2 aromatic carbocycles. The average Bonchev–Trinajstić information content (AvgIpc) is 2.54. The Kier molecular flexibility index (Phi) is 5.59. The summed E-state index contributed by atoms with van der Waals surface area (Å²) >= 11 is 0. The summed E-state index contributed by atoms with van der Waals surface area (Å²) in [7, 11) is 0. The van der Waals surface area contributed by atoms with Crippen molar-refractivity contribution in [3.05, 3.63) is 65.2 Å². The summed E-state index contributed by atoms with van der Waals surface area (Å²) in [5, 5.41) is 2.91. The van der Waals surface area contributed by atoms with Crippen LogP contribution < -0.4 is 10.1 Å². The third-order valence-electron chi connectivity index (χ3n) is 3.61. The zero-order chi connectivity index (χ0) is 15.9. The minimum absolute atomic E-state index is 0.105. The number of aryl methyl sites for hydroxylation is 2. The maximum atomic E-state index is 12.2. The lowest BCUT2D eigenvalue weighted by Gasteiger charge is -2.17. The molecule has 0 spiro atoms. The standard InChI is InChI=1S/C19H23NO2/c1-4-17-7-5-6-8-18(17)22-15(3)19(21)20-13-16-11-9-14(2)10-12-16/h5-12,15H,4,13H2,1-3H3,(H,20,21)/t15-/m1/s1. The van der Waals surface area contributed by atoms with E-state index in [1.165, 1.54) is 5.56 Å². The van der Waals surface area contributed by atoms with Gasteiger partial charge in [0.25, 0.3) is 5.91 Å². The number of ether oxygens (including phenoxy) is 1. The molecule has 3 heteroatoms. The van der Waals surface area contributed by atoms with Gasteiger partial charge < -0.3 is 10.1 Å². The van der Waals surface area contributed by atoms with Crippen LogP contribution in [0.2, 0.25) is 0 Å². The normalized spacial score (nSPS) is 11.8. The van der Waals surface area contributed by atoms with Crippen LogP contribution in [0.15, 0.2) is 48.5 Å². The van der Waals surface area contributed by atoms with Gasteiger partial charge >= 0.3 is 0 Å². The van der Waals surface area contributed by atoms with Crippen molar-refractivity contribution in [1.29, 1.82) is 0 Å². The van der Waals surface area contributed by atoms with Crippen LogP contribution in [-0.4, -0.2) is 12.0 Å². The molecule has 116 valence electrons. The van der Waals surface area contributed by atoms with Gasteiger partial charge in [-0.25, -0.2) is 0 Å². The number of carbonyl (C=O) groups is 1. The van der Waals surface area contributed by atoms with Crippen molar-refractivity contribution >= 4 is 5.91 Å². The highest BCUT2D eigenvalue weighted by atomic mass is 16.5.